The molecule has 0 spiro atoms. The van der Waals surface area contributed by atoms with E-state index in [-0.39, 0.29) is 6.04 Å². The van der Waals surface area contributed by atoms with E-state index >= 15 is 0 Å². The highest BCUT2D eigenvalue weighted by Gasteiger charge is 2.12. The number of thiazole rings is 1. The number of hydrogen-bond acceptors (Lipinski definition) is 5. The van der Waals surface area contributed by atoms with Crippen LogP contribution in [0.1, 0.15) is 28.4 Å². The first-order chi connectivity index (χ1) is 10.2. The second-order valence-corrected chi connectivity index (χ2v) is 6.19. The van der Waals surface area contributed by atoms with Crippen molar-refractivity contribution in [1.82, 2.24) is 25.5 Å². The van der Waals surface area contributed by atoms with E-state index in [1.807, 2.05) is 30.7 Å². The molecule has 0 fully saturated rings. The SMILES string of the molecule is Cc1cnc(C(C)NCc2cn[nH]c2-c2cccnc2)s1. The number of hydrogen-bond donors (Lipinski definition) is 2. The third kappa shape index (κ3) is 3.17. The molecule has 21 heavy (non-hydrogen) atoms. The summed E-state index contributed by atoms with van der Waals surface area (Å²) >= 11 is 1.73. The van der Waals surface area contributed by atoms with E-state index in [4.69, 9.17) is 0 Å². The summed E-state index contributed by atoms with van der Waals surface area (Å²) in [6.45, 7) is 4.94. The standard InChI is InChI=1S/C15H17N5S/c1-10-6-18-15(21-10)11(2)17-8-13-9-19-20-14(13)12-4-3-5-16-7-12/h3-7,9,11,17H,8H2,1-2H3,(H,19,20). The summed E-state index contributed by atoms with van der Waals surface area (Å²) in [5.41, 5.74) is 3.19. The smallest absolute Gasteiger partial charge is 0.109 e. The van der Waals surface area contributed by atoms with Gasteiger partial charge in [-0.2, -0.15) is 5.10 Å². The zero-order valence-electron chi connectivity index (χ0n) is 12.0. The van der Waals surface area contributed by atoms with Crippen LogP contribution in [-0.4, -0.2) is 20.2 Å². The van der Waals surface area contributed by atoms with Crippen molar-refractivity contribution in [2.24, 2.45) is 0 Å². The molecule has 0 bridgehead atoms. The topological polar surface area (TPSA) is 66.5 Å². The van der Waals surface area contributed by atoms with Crippen molar-refractivity contribution in [3.63, 3.8) is 0 Å². The van der Waals surface area contributed by atoms with E-state index in [0.717, 1.165) is 28.4 Å². The molecule has 3 aromatic rings. The Bertz CT molecular complexity index is 704. The third-order valence-corrected chi connectivity index (χ3v) is 4.37. The quantitative estimate of drug-likeness (QED) is 0.760. The highest BCUT2D eigenvalue weighted by molar-refractivity contribution is 7.11. The molecule has 3 heterocycles. The predicted molar refractivity (Wildman–Crippen MR) is 83.9 cm³/mol. The minimum atomic E-state index is 0.223. The van der Waals surface area contributed by atoms with Gasteiger partial charge in [-0.15, -0.1) is 11.3 Å². The molecule has 1 unspecified atom stereocenters. The molecule has 0 aliphatic heterocycles. The lowest BCUT2D eigenvalue weighted by Crippen LogP contribution is -2.18. The summed E-state index contributed by atoms with van der Waals surface area (Å²) in [6, 6.07) is 4.17. The minimum absolute atomic E-state index is 0.223. The normalized spacial score (nSPS) is 12.5. The van der Waals surface area contributed by atoms with Crippen LogP contribution in [0.3, 0.4) is 0 Å². The van der Waals surface area contributed by atoms with Crippen molar-refractivity contribution in [3.8, 4) is 11.3 Å². The lowest BCUT2D eigenvalue weighted by atomic mass is 10.1. The monoisotopic (exact) mass is 299 g/mol. The van der Waals surface area contributed by atoms with Crippen LogP contribution in [-0.2, 0) is 6.54 Å². The van der Waals surface area contributed by atoms with E-state index in [1.54, 1.807) is 17.5 Å². The van der Waals surface area contributed by atoms with Gasteiger partial charge in [-0.05, 0) is 26.0 Å². The number of H-pyrrole nitrogens is 1. The van der Waals surface area contributed by atoms with E-state index in [0.29, 0.717) is 0 Å². The molecule has 0 saturated heterocycles. The molecule has 2 N–H and O–H groups in total. The molecule has 3 rings (SSSR count). The van der Waals surface area contributed by atoms with Gasteiger partial charge in [0.25, 0.3) is 0 Å². The highest BCUT2D eigenvalue weighted by Crippen LogP contribution is 2.22. The number of nitrogens with one attached hydrogen (secondary N) is 2. The maximum atomic E-state index is 4.42. The van der Waals surface area contributed by atoms with Crippen molar-refractivity contribution < 1.29 is 0 Å². The molecule has 0 amide bonds. The van der Waals surface area contributed by atoms with Crippen molar-refractivity contribution >= 4 is 11.3 Å². The van der Waals surface area contributed by atoms with E-state index < -0.39 is 0 Å². The fourth-order valence-corrected chi connectivity index (χ4v) is 2.93. The van der Waals surface area contributed by atoms with Gasteiger partial charge >= 0.3 is 0 Å². The van der Waals surface area contributed by atoms with Gasteiger partial charge in [0.15, 0.2) is 0 Å². The first-order valence-electron chi connectivity index (χ1n) is 6.82. The van der Waals surface area contributed by atoms with Crippen LogP contribution < -0.4 is 5.32 Å². The largest absolute Gasteiger partial charge is 0.304 e. The summed E-state index contributed by atoms with van der Waals surface area (Å²) in [5, 5.41) is 11.8. The highest BCUT2D eigenvalue weighted by atomic mass is 32.1. The van der Waals surface area contributed by atoms with Crippen LogP contribution in [0.5, 0.6) is 0 Å². The van der Waals surface area contributed by atoms with Gasteiger partial charge in [-0.1, -0.05) is 0 Å². The summed E-state index contributed by atoms with van der Waals surface area (Å²) in [5.74, 6) is 0. The molecular formula is C15H17N5S. The van der Waals surface area contributed by atoms with Gasteiger partial charge in [0.05, 0.1) is 17.9 Å². The Kier molecular flexibility index (Phi) is 4.08. The van der Waals surface area contributed by atoms with Gasteiger partial charge in [-0.3, -0.25) is 10.1 Å². The average Bonchev–Trinajstić information content (AvgIpc) is 3.14. The fourth-order valence-electron chi connectivity index (χ4n) is 2.13. The van der Waals surface area contributed by atoms with Crippen LogP contribution in [0.4, 0.5) is 0 Å². The van der Waals surface area contributed by atoms with Crippen LogP contribution in [0.15, 0.2) is 36.9 Å². The molecule has 0 radical (unpaired) electrons. The molecule has 1 atom stereocenters. The lowest BCUT2D eigenvalue weighted by Gasteiger charge is -2.11. The third-order valence-electron chi connectivity index (χ3n) is 3.28. The van der Waals surface area contributed by atoms with Gasteiger partial charge in [0.1, 0.15) is 5.01 Å². The molecule has 0 aliphatic carbocycles. The number of aromatic amines is 1. The van der Waals surface area contributed by atoms with Crippen molar-refractivity contribution in [2.75, 3.05) is 0 Å². The zero-order valence-corrected chi connectivity index (χ0v) is 12.8. The van der Waals surface area contributed by atoms with Crippen molar-refractivity contribution in [1.29, 1.82) is 0 Å². The Morgan fingerprint density at radius 2 is 2.24 bits per heavy atom. The number of aryl methyl sites for hydroxylation is 1. The van der Waals surface area contributed by atoms with E-state index in [9.17, 15) is 0 Å². The van der Waals surface area contributed by atoms with Crippen LogP contribution in [0.2, 0.25) is 0 Å². The number of aromatic nitrogens is 4. The van der Waals surface area contributed by atoms with Crippen LogP contribution in [0.25, 0.3) is 11.3 Å². The Morgan fingerprint density at radius 3 is 2.95 bits per heavy atom. The second kappa shape index (κ2) is 6.15. The van der Waals surface area contributed by atoms with Crippen LogP contribution >= 0.6 is 11.3 Å². The summed E-state index contributed by atoms with van der Waals surface area (Å²) < 4.78 is 0. The van der Waals surface area contributed by atoms with Crippen molar-refractivity contribution in [3.05, 3.63) is 52.4 Å². The van der Waals surface area contributed by atoms with Gasteiger partial charge in [0, 0.05) is 41.1 Å². The second-order valence-electron chi connectivity index (χ2n) is 4.92. The van der Waals surface area contributed by atoms with E-state index in [1.165, 1.54) is 4.88 Å². The first kappa shape index (κ1) is 13.9. The predicted octanol–water partition coefficient (Wildman–Crippen LogP) is 3.09. The molecule has 0 aromatic carbocycles. The van der Waals surface area contributed by atoms with Gasteiger partial charge in [0.2, 0.25) is 0 Å². The van der Waals surface area contributed by atoms with Crippen LogP contribution in [0, 0.1) is 6.92 Å². The maximum Gasteiger partial charge on any atom is 0.109 e. The molecule has 3 aromatic heterocycles. The minimum Gasteiger partial charge on any atom is -0.304 e. The lowest BCUT2D eigenvalue weighted by molar-refractivity contribution is 0.572. The summed E-state index contributed by atoms with van der Waals surface area (Å²) in [4.78, 5) is 9.80. The Morgan fingerprint density at radius 1 is 1.33 bits per heavy atom. The maximum absolute atomic E-state index is 4.42. The zero-order chi connectivity index (χ0) is 14.7. The van der Waals surface area contributed by atoms with Gasteiger partial charge in [-0.25, -0.2) is 4.98 Å². The Labute approximate surface area is 127 Å². The Balaban J connectivity index is 1.70. The first-order valence-corrected chi connectivity index (χ1v) is 7.64. The van der Waals surface area contributed by atoms with Gasteiger partial charge < -0.3 is 5.32 Å². The molecule has 6 heteroatoms. The molecular weight excluding hydrogens is 282 g/mol. The molecule has 0 saturated carbocycles. The fraction of sp³-hybridized carbons (Fsp3) is 0.267. The number of rotatable bonds is 5. The Hall–Kier alpha value is -2.05. The summed E-state index contributed by atoms with van der Waals surface area (Å²) in [6.07, 6.45) is 7.38. The van der Waals surface area contributed by atoms with Crippen molar-refractivity contribution in [2.45, 2.75) is 26.4 Å². The molecule has 108 valence electrons. The molecule has 0 aliphatic rings. The molecule has 5 nitrogen and oxygen atoms in total. The average molecular weight is 299 g/mol. The number of nitrogens with zero attached hydrogens (tertiary/aromatic N) is 3. The summed E-state index contributed by atoms with van der Waals surface area (Å²) in [7, 11) is 0. The number of pyridine rings is 1. The van der Waals surface area contributed by atoms with E-state index in [2.05, 4.69) is 39.3 Å².